The summed E-state index contributed by atoms with van der Waals surface area (Å²) in [5.74, 6) is 0.678. The van der Waals surface area contributed by atoms with Crippen LogP contribution < -0.4 is 5.32 Å². The van der Waals surface area contributed by atoms with Crippen LogP contribution in [0, 0.1) is 0 Å². The molecule has 7 nitrogen and oxygen atoms in total. The number of rotatable bonds is 7. The molecule has 1 aliphatic carbocycles. The number of carbonyl (C=O) groups is 1. The van der Waals surface area contributed by atoms with Crippen LogP contribution in [0.2, 0.25) is 0 Å². The van der Waals surface area contributed by atoms with Gasteiger partial charge in [0, 0.05) is 55.7 Å². The van der Waals surface area contributed by atoms with E-state index in [-0.39, 0.29) is 5.91 Å². The zero-order chi connectivity index (χ0) is 20.3. The Balaban J connectivity index is 1.35. The average Bonchev–Trinajstić information content (AvgIpc) is 3.55. The molecule has 0 atom stereocenters. The monoisotopic (exact) mass is 402 g/mol. The van der Waals surface area contributed by atoms with Crippen LogP contribution in [0.3, 0.4) is 0 Å². The number of pyridine rings is 1. The molecular formula is C23H26N6O. The first-order chi connectivity index (χ1) is 14.8. The second kappa shape index (κ2) is 8.18. The summed E-state index contributed by atoms with van der Waals surface area (Å²) in [7, 11) is 0. The van der Waals surface area contributed by atoms with Crippen molar-refractivity contribution in [2.24, 2.45) is 0 Å². The van der Waals surface area contributed by atoms with Crippen LogP contribution in [0.1, 0.15) is 48.6 Å². The second-order valence-corrected chi connectivity index (χ2v) is 7.94. The van der Waals surface area contributed by atoms with E-state index >= 15 is 0 Å². The van der Waals surface area contributed by atoms with Crippen LogP contribution in [-0.4, -0.2) is 36.0 Å². The molecule has 0 unspecified atom stereocenters. The van der Waals surface area contributed by atoms with E-state index in [0.29, 0.717) is 18.3 Å². The van der Waals surface area contributed by atoms with Crippen molar-refractivity contribution in [1.29, 1.82) is 0 Å². The SMILES string of the molecule is O=C(NCCCn1ccnc1)c1nc(-c2ccn(C3CCCC3)c2)n2ccccc12. The molecule has 4 heterocycles. The van der Waals surface area contributed by atoms with Gasteiger partial charge in [0.05, 0.1) is 11.8 Å². The summed E-state index contributed by atoms with van der Waals surface area (Å²) in [5, 5.41) is 3.01. The maximum Gasteiger partial charge on any atom is 0.272 e. The first-order valence-corrected chi connectivity index (χ1v) is 10.7. The summed E-state index contributed by atoms with van der Waals surface area (Å²) < 4.78 is 6.32. The topological polar surface area (TPSA) is 69.2 Å². The highest BCUT2D eigenvalue weighted by Crippen LogP contribution is 2.32. The number of amides is 1. The minimum absolute atomic E-state index is 0.134. The molecule has 5 rings (SSSR count). The highest BCUT2D eigenvalue weighted by molar-refractivity contribution is 6.00. The van der Waals surface area contributed by atoms with Gasteiger partial charge in [0.1, 0.15) is 5.82 Å². The van der Waals surface area contributed by atoms with Crippen molar-refractivity contribution in [2.75, 3.05) is 6.54 Å². The van der Waals surface area contributed by atoms with E-state index < -0.39 is 0 Å². The van der Waals surface area contributed by atoms with Crippen molar-refractivity contribution in [2.45, 2.75) is 44.7 Å². The van der Waals surface area contributed by atoms with Crippen molar-refractivity contribution in [1.82, 2.24) is 28.8 Å². The van der Waals surface area contributed by atoms with Gasteiger partial charge < -0.3 is 14.5 Å². The van der Waals surface area contributed by atoms with Gasteiger partial charge >= 0.3 is 0 Å². The Labute approximate surface area is 175 Å². The van der Waals surface area contributed by atoms with Gasteiger partial charge in [-0.15, -0.1) is 0 Å². The predicted octanol–water partition coefficient (Wildman–Crippen LogP) is 3.93. The molecule has 0 radical (unpaired) electrons. The summed E-state index contributed by atoms with van der Waals surface area (Å²) in [5.41, 5.74) is 2.34. The molecule has 4 aromatic rings. The number of hydrogen-bond acceptors (Lipinski definition) is 3. The molecule has 30 heavy (non-hydrogen) atoms. The van der Waals surface area contributed by atoms with Crippen molar-refractivity contribution in [3.63, 3.8) is 0 Å². The molecular weight excluding hydrogens is 376 g/mol. The lowest BCUT2D eigenvalue weighted by atomic mass is 10.2. The first kappa shape index (κ1) is 18.7. The van der Waals surface area contributed by atoms with Crippen molar-refractivity contribution in [3.05, 3.63) is 67.3 Å². The molecule has 154 valence electrons. The van der Waals surface area contributed by atoms with Gasteiger partial charge in [-0.1, -0.05) is 18.9 Å². The lowest BCUT2D eigenvalue weighted by Gasteiger charge is -2.10. The number of aryl methyl sites for hydroxylation is 1. The Morgan fingerprint density at radius 2 is 2.03 bits per heavy atom. The van der Waals surface area contributed by atoms with Crippen LogP contribution >= 0.6 is 0 Å². The third-order valence-electron chi connectivity index (χ3n) is 5.92. The lowest BCUT2D eigenvalue weighted by molar-refractivity contribution is 0.0950. The Kier molecular flexibility index (Phi) is 5.09. The molecule has 1 aliphatic rings. The zero-order valence-corrected chi connectivity index (χ0v) is 16.9. The molecule has 1 amide bonds. The van der Waals surface area contributed by atoms with Crippen LogP contribution in [0.25, 0.3) is 16.9 Å². The van der Waals surface area contributed by atoms with Crippen LogP contribution in [0.15, 0.2) is 61.6 Å². The van der Waals surface area contributed by atoms with Gasteiger partial charge in [-0.2, -0.15) is 0 Å². The van der Waals surface area contributed by atoms with E-state index in [9.17, 15) is 4.79 Å². The van der Waals surface area contributed by atoms with E-state index in [4.69, 9.17) is 4.98 Å². The lowest BCUT2D eigenvalue weighted by Crippen LogP contribution is -2.25. The summed E-state index contributed by atoms with van der Waals surface area (Å²) in [6, 6.07) is 8.56. The fourth-order valence-corrected chi connectivity index (χ4v) is 4.35. The zero-order valence-electron chi connectivity index (χ0n) is 16.9. The molecule has 7 heteroatoms. The Morgan fingerprint density at radius 3 is 2.87 bits per heavy atom. The molecule has 0 aliphatic heterocycles. The van der Waals surface area contributed by atoms with Crippen molar-refractivity contribution >= 4 is 11.4 Å². The van der Waals surface area contributed by atoms with Crippen LogP contribution in [0.5, 0.6) is 0 Å². The van der Waals surface area contributed by atoms with Gasteiger partial charge in [0.25, 0.3) is 5.91 Å². The largest absolute Gasteiger partial charge is 0.351 e. The van der Waals surface area contributed by atoms with Gasteiger partial charge in [-0.3, -0.25) is 9.20 Å². The normalized spacial score (nSPS) is 14.5. The Hall–Kier alpha value is -3.35. The molecule has 0 bridgehead atoms. The third kappa shape index (κ3) is 3.63. The maximum absolute atomic E-state index is 12.9. The number of hydrogen-bond donors (Lipinski definition) is 1. The molecule has 0 saturated heterocycles. The Bertz CT molecular complexity index is 1130. The molecule has 0 spiro atoms. The molecule has 1 saturated carbocycles. The summed E-state index contributed by atoms with van der Waals surface area (Å²) in [6.45, 7) is 1.42. The third-order valence-corrected chi connectivity index (χ3v) is 5.92. The fourth-order valence-electron chi connectivity index (χ4n) is 4.35. The van der Waals surface area contributed by atoms with Gasteiger partial charge in [-0.25, -0.2) is 9.97 Å². The summed E-state index contributed by atoms with van der Waals surface area (Å²) >= 11 is 0. The average molecular weight is 403 g/mol. The number of aromatic nitrogens is 5. The predicted molar refractivity (Wildman–Crippen MR) is 115 cm³/mol. The Morgan fingerprint density at radius 1 is 1.13 bits per heavy atom. The van der Waals surface area contributed by atoms with Crippen molar-refractivity contribution < 1.29 is 4.79 Å². The number of nitrogens with one attached hydrogen (secondary N) is 1. The fraction of sp³-hybridized carbons (Fsp3) is 0.348. The quantitative estimate of drug-likeness (QED) is 0.476. The van der Waals surface area contributed by atoms with E-state index in [1.165, 1.54) is 25.7 Å². The smallest absolute Gasteiger partial charge is 0.272 e. The minimum atomic E-state index is -0.134. The molecule has 1 N–H and O–H groups in total. The maximum atomic E-state index is 12.9. The van der Waals surface area contributed by atoms with E-state index in [0.717, 1.165) is 29.9 Å². The number of imidazole rings is 2. The van der Waals surface area contributed by atoms with Crippen LogP contribution in [0.4, 0.5) is 0 Å². The minimum Gasteiger partial charge on any atom is -0.351 e. The highest BCUT2D eigenvalue weighted by Gasteiger charge is 2.20. The van der Waals surface area contributed by atoms with Crippen LogP contribution in [-0.2, 0) is 6.54 Å². The number of fused-ring (bicyclic) bond motifs is 1. The van der Waals surface area contributed by atoms with E-state index in [2.05, 4.69) is 33.3 Å². The second-order valence-electron chi connectivity index (χ2n) is 7.94. The molecule has 4 aromatic heterocycles. The molecule has 1 fully saturated rings. The molecule has 0 aromatic carbocycles. The van der Waals surface area contributed by atoms with Gasteiger partial charge in [0.2, 0.25) is 0 Å². The van der Waals surface area contributed by atoms with Crippen molar-refractivity contribution in [3.8, 4) is 11.4 Å². The highest BCUT2D eigenvalue weighted by atomic mass is 16.1. The van der Waals surface area contributed by atoms with Gasteiger partial charge in [0.15, 0.2) is 5.69 Å². The van der Waals surface area contributed by atoms with E-state index in [1.54, 1.807) is 12.5 Å². The number of carbonyl (C=O) groups excluding carboxylic acids is 1. The number of nitrogens with zero attached hydrogens (tertiary/aromatic N) is 5. The standard InChI is InChI=1S/C23H26N6O/c30-23(25-10-5-12-27-15-11-24-17-27)21-20-8-3-4-13-29(20)22(26-21)18-9-14-28(16-18)19-6-1-2-7-19/h3-4,8-9,11,13-17,19H,1-2,5-7,10,12H2,(H,25,30). The van der Waals surface area contributed by atoms with Gasteiger partial charge in [-0.05, 0) is 37.5 Å². The first-order valence-electron chi connectivity index (χ1n) is 10.7. The summed E-state index contributed by atoms with van der Waals surface area (Å²) in [6.07, 6.45) is 17.7. The summed E-state index contributed by atoms with van der Waals surface area (Å²) in [4.78, 5) is 21.7. The van der Waals surface area contributed by atoms with E-state index in [1.807, 2.05) is 39.6 Å².